The summed E-state index contributed by atoms with van der Waals surface area (Å²) < 4.78 is 3.84. The van der Waals surface area contributed by atoms with E-state index in [1.54, 1.807) is 0 Å². The van der Waals surface area contributed by atoms with Crippen LogP contribution >= 0.6 is 73.2 Å². The van der Waals surface area contributed by atoms with Gasteiger partial charge in [0.1, 0.15) is 0 Å². The van der Waals surface area contributed by atoms with Crippen molar-refractivity contribution in [2.24, 2.45) is 0 Å². The van der Waals surface area contributed by atoms with Gasteiger partial charge < -0.3 is 0 Å². The van der Waals surface area contributed by atoms with Crippen molar-refractivity contribution in [2.45, 2.75) is 56.2 Å². The van der Waals surface area contributed by atoms with Crippen LogP contribution in [0.2, 0.25) is 0 Å². The van der Waals surface area contributed by atoms with Crippen molar-refractivity contribution in [1.29, 1.82) is 0 Å². The summed E-state index contributed by atoms with van der Waals surface area (Å²) in [6.45, 7) is 5.84. The lowest BCUT2D eigenvalue weighted by molar-refractivity contribution is 0.425. The average Bonchev–Trinajstić information content (AvgIpc) is 2.74. The molecule has 3 atom stereocenters. The van der Waals surface area contributed by atoms with Crippen LogP contribution in [0.4, 0.5) is 0 Å². The zero-order chi connectivity index (χ0) is 22.7. The number of aromatic nitrogens is 3. The summed E-state index contributed by atoms with van der Waals surface area (Å²) in [7, 11) is 0. The first-order valence-electron chi connectivity index (χ1n) is 10.1. The molecule has 0 aromatic carbocycles. The smallest absolute Gasteiger partial charge is 0.247 e. The van der Waals surface area contributed by atoms with E-state index < -0.39 is 17.1 Å². The lowest BCUT2D eigenvalue weighted by Gasteiger charge is -2.25. The van der Waals surface area contributed by atoms with Crippen molar-refractivity contribution in [1.82, 2.24) is 13.7 Å². The molecule has 0 aliphatic rings. The first kappa shape index (κ1) is 28.5. The third-order valence-electron chi connectivity index (χ3n) is 4.35. The van der Waals surface area contributed by atoms with Crippen LogP contribution < -0.4 is 17.1 Å². The van der Waals surface area contributed by atoms with Gasteiger partial charge >= 0.3 is 17.1 Å². The Bertz CT molecular complexity index is 675. The number of rotatable bonds is 15. The molecular weight excluding hydrogens is 499 g/mol. The highest BCUT2D eigenvalue weighted by molar-refractivity contribution is 8.00. The van der Waals surface area contributed by atoms with E-state index in [2.05, 4.69) is 37.9 Å². The summed E-state index contributed by atoms with van der Waals surface area (Å²) in [4.78, 5) is 40.3. The third-order valence-corrected chi connectivity index (χ3v) is 10.0. The molecule has 3 unspecified atom stereocenters. The van der Waals surface area contributed by atoms with Gasteiger partial charge in [-0.1, -0.05) is 20.8 Å². The lowest BCUT2D eigenvalue weighted by atomic mass is 10.4. The summed E-state index contributed by atoms with van der Waals surface area (Å²) in [6.07, 6.45) is 1.81. The van der Waals surface area contributed by atoms with Gasteiger partial charge in [-0.15, -0.1) is 35.3 Å². The molecule has 0 bridgehead atoms. The average molecular weight is 532 g/mol. The molecule has 0 aliphatic carbocycles. The minimum Gasteiger partial charge on any atom is -0.247 e. The fraction of sp³-hybridized carbons (Fsp3) is 0.833. The lowest BCUT2D eigenvalue weighted by Crippen LogP contribution is -2.56. The fourth-order valence-electron chi connectivity index (χ4n) is 3.02. The molecular formula is C18H33N3O3S6. The van der Waals surface area contributed by atoms with Crippen LogP contribution in [0.1, 0.15) is 56.2 Å². The zero-order valence-electron chi connectivity index (χ0n) is 17.7. The van der Waals surface area contributed by atoms with Crippen LogP contribution in [0.15, 0.2) is 14.4 Å². The van der Waals surface area contributed by atoms with E-state index in [9.17, 15) is 14.4 Å². The van der Waals surface area contributed by atoms with Crippen LogP contribution in [0, 0.1) is 0 Å². The SMILES string of the molecule is CCC(SCCS)n1c(=O)n(C(CC)SCCS)c(=O)n(C(CC)SCCS)c1=O. The molecule has 1 heterocycles. The monoisotopic (exact) mass is 531 g/mol. The van der Waals surface area contributed by atoms with E-state index in [4.69, 9.17) is 0 Å². The van der Waals surface area contributed by atoms with E-state index in [-0.39, 0.29) is 16.1 Å². The number of thiol groups is 3. The Balaban J connectivity index is 3.81. The van der Waals surface area contributed by atoms with Crippen LogP contribution in [0.3, 0.4) is 0 Å². The highest BCUT2D eigenvalue weighted by atomic mass is 32.2. The van der Waals surface area contributed by atoms with E-state index in [0.717, 1.165) is 0 Å². The molecule has 1 aromatic rings. The zero-order valence-corrected chi connectivity index (χ0v) is 22.9. The van der Waals surface area contributed by atoms with Gasteiger partial charge in [0.25, 0.3) is 0 Å². The number of hydrogen-bond donors (Lipinski definition) is 3. The molecule has 174 valence electrons. The molecule has 0 saturated carbocycles. The first-order valence-corrected chi connectivity index (χ1v) is 15.1. The van der Waals surface area contributed by atoms with Crippen molar-refractivity contribution < 1.29 is 0 Å². The van der Waals surface area contributed by atoms with Crippen LogP contribution in [0.25, 0.3) is 0 Å². The second kappa shape index (κ2) is 15.4. The molecule has 0 amide bonds. The normalized spacial score (nSPS) is 14.6. The first-order chi connectivity index (χ1) is 14.4. The molecule has 1 aromatic heterocycles. The second-order valence-electron chi connectivity index (χ2n) is 6.33. The van der Waals surface area contributed by atoms with Crippen molar-refractivity contribution in [3.63, 3.8) is 0 Å². The predicted molar refractivity (Wildman–Crippen MR) is 146 cm³/mol. The highest BCUT2D eigenvalue weighted by Gasteiger charge is 2.27. The minimum absolute atomic E-state index is 0.338. The summed E-state index contributed by atoms with van der Waals surface area (Å²) in [5.74, 6) is 4.08. The van der Waals surface area contributed by atoms with Crippen molar-refractivity contribution in [3.8, 4) is 0 Å². The summed E-state index contributed by atoms with van der Waals surface area (Å²) in [6, 6.07) is 0. The van der Waals surface area contributed by atoms with Gasteiger partial charge in [-0.05, 0) is 36.5 Å². The van der Waals surface area contributed by atoms with Gasteiger partial charge in [-0.2, -0.15) is 37.9 Å². The number of hydrogen-bond acceptors (Lipinski definition) is 9. The third kappa shape index (κ3) is 7.26. The Morgan fingerprint density at radius 2 is 0.833 bits per heavy atom. The molecule has 6 nitrogen and oxygen atoms in total. The number of thioether (sulfide) groups is 3. The summed E-state index contributed by atoms with van der Waals surface area (Å²) in [5, 5.41) is -1.01. The Labute approximate surface area is 208 Å². The maximum atomic E-state index is 13.4. The van der Waals surface area contributed by atoms with Gasteiger partial charge in [0, 0.05) is 17.3 Å². The van der Waals surface area contributed by atoms with Gasteiger partial charge in [-0.3, -0.25) is 0 Å². The van der Waals surface area contributed by atoms with Gasteiger partial charge in [-0.25, -0.2) is 28.1 Å². The Hall–Kier alpha value is 0.510. The van der Waals surface area contributed by atoms with E-state index >= 15 is 0 Å². The van der Waals surface area contributed by atoms with Gasteiger partial charge in [0.05, 0.1) is 16.1 Å². The van der Waals surface area contributed by atoms with E-state index in [1.165, 1.54) is 49.0 Å². The van der Waals surface area contributed by atoms with E-state index in [0.29, 0.717) is 53.8 Å². The van der Waals surface area contributed by atoms with Crippen molar-refractivity contribution in [2.75, 3.05) is 34.5 Å². The summed E-state index contributed by atoms with van der Waals surface area (Å²) in [5.41, 5.74) is -1.56. The van der Waals surface area contributed by atoms with Crippen molar-refractivity contribution in [3.05, 3.63) is 31.5 Å². The quantitative estimate of drug-likeness (QED) is 0.299. The van der Waals surface area contributed by atoms with Crippen LogP contribution in [0.5, 0.6) is 0 Å². The van der Waals surface area contributed by atoms with Gasteiger partial charge in [0.15, 0.2) is 0 Å². The van der Waals surface area contributed by atoms with Gasteiger partial charge in [0.2, 0.25) is 0 Å². The van der Waals surface area contributed by atoms with E-state index in [1.807, 2.05) is 20.8 Å². The van der Waals surface area contributed by atoms with Crippen LogP contribution in [-0.2, 0) is 0 Å². The molecule has 12 heteroatoms. The Morgan fingerprint density at radius 3 is 1.00 bits per heavy atom. The van der Waals surface area contributed by atoms with Crippen molar-refractivity contribution >= 4 is 73.2 Å². The molecule has 0 aliphatic heterocycles. The molecule has 0 fully saturated rings. The maximum absolute atomic E-state index is 13.4. The molecule has 0 spiro atoms. The molecule has 0 N–H and O–H groups in total. The standard InChI is InChI=1S/C18H33N3O3S6/c1-4-13(28-10-7-25)19-16(22)20(14(5-2)29-11-8-26)18(24)21(17(19)23)15(6-3)30-12-9-27/h13-15,25-27H,4-12H2,1-3H3. The molecule has 1 rings (SSSR count). The Kier molecular flexibility index (Phi) is 14.6. The molecule has 0 saturated heterocycles. The topological polar surface area (TPSA) is 66.0 Å². The largest absolute Gasteiger partial charge is 0.338 e. The molecule has 30 heavy (non-hydrogen) atoms. The number of nitrogens with zero attached hydrogens (tertiary/aromatic N) is 3. The fourth-order valence-corrected chi connectivity index (χ4v) is 6.80. The molecule has 0 radical (unpaired) electrons. The summed E-state index contributed by atoms with van der Waals surface area (Å²) >= 11 is 17.3. The second-order valence-corrected chi connectivity index (χ2v) is 11.5. The highest BCUT2D eigenvalue weighted by Crippen LogP contribution is 2.28. The Morgan fingerprint density at radius 1 is 0.600 bits per heavy atom. The maximum Gasteiger partial charge on any atom is 0.338 e. The van der Waals surface area contributed by atoms with Crippen LogP contribution in [-0.4, -0.2) is 48.2 Å². The predicted octanol–water partition coefficient (Wildman–Crippen LogP) is 3.89. The minimum atomic E-state index is -0.521.